The minimum atomic E-state index is -0.162. The number of nitrogens with one attached hydrogen (secondary N) is 2. The third-order valence-electron chi connectivity index (χ3n) is 6.33. The fourth-order valence-corrected chi connectivity index (χ4v) is 4.70. The molecular formula is C29H29N3O4S. The number of aromatic amines is 1. The van der Waals surface area contributed by atoms with Crippen LogP contribution in [0.2, 0.25) is 0 Å². The van der Waals surface area contributed by atoms with Crippen molar-refractivity contribution in [1.82, 2.24) is 9.88 Å². The molecule has 0 fully saturated rings. The Morgan fingerprint density at radius 3 is 2.62 bits per heavy atom. The van der Waals surface area contributed by atoms with Crippen molar-refractivity contribution in [2.75, 3.05) is 32.2 Å². The quantitative estimate of drug-likeness (QED) is 0.333. The molecule has 3 aromatic carbocycles. The molecule has 190 valence electrons. The predicted octanol–water partition coefficient (Wildman–Crippen LogP) is 5.06. The summed E-state index contributed by atoms with van der Waals surface area (Å²) in [6, 6.07) is 21.7. The monoisotopic (exact) mass is 515 g/mol. The van der Waals surface area contributed by atoms with E-state index in [1.165, 1.54) is 11.1 Å². The van der Waals surface area contributed by atoms with Gasteiger partial charge in [-0.25, -0.2) is 0 Å². The summed E-state index contributed by atoms with van der Waals surface area (Å²) in [5.41, 5.74) is 4.34. The summed E-state index contributed by atoms with van der Waals surface area (Å²) >= 11 is 5.83. The van der Waals surface area contributed by atoms with Gasteiger partial charge in [0.15, 0.2) is 16.6 Å². The van der Waals surface area contributed by atoms with Gasteiger partial charge in [0.1, 0.15) is 19.0 Å². The van der Waals surface area contributed by atoms with Gasteiger partial charge in [-0.05, 0) is 55.4 Å². The molecule has 2 N–H and O–H groups in total. The Balaban J connectivity index is 1.44. The molecule has 0 unspecified atom stereocenters. The molecule has 0 saturated carbocycles. The van der Waals surface area contributed by atoms with Crippen LogP contribution in [0.1, 0.15) is 16.7 Å². The first kappa shape index (κ1) is 24.6. The molecule has 1 aliphatic heterocycles. The van der Waals surface area contributed by atoms with Crippen LogP contribution in [0.5, 0.6) is 17.2 Å². The lowest BCUT2D eigenvalue weighted by Gasteiger charge is -2.26. The van der Waals surface area contributed by atoms with Gasteiger partial charge in [-0.1, -0.05) is 42.0 Å². The first-order valence-corrected chi connectivity index (χ1v) is 12.6. The number of rotatable bonds is 7. The van der Waals surface area contributed by atoms with Crippen LogP contribution in [-0.2, 0) is 13.0 Å². The lowest BCUT2D eigenvalue weighted by Crippen LogP contribution is -2.37. The van der Waals surface area contributed by atoms with Crippen molar-refractivity contribution in [1.29, 1.82) is 0 Å². The largest absolute Gasteiger partial charge is 0.495 e. The number of anilines is 1. The second-order valence-electron chi connectivity index (χ2n) is 9.00. The molecule has 4 aromatic rings. The summed E-state index contributed by atoms with van der Waals surface area (Å²) in [4.78, 5) is 18.1. The van der Waals surface area contributed by atoms with Gasteiger partial charge in [0.05, 0.1) is 24.9 Å². The zero-order valence-electron chi connectivity index (χ0n) is 20.9. The van der Waals surface area contributed by atoms with Crippen LogP contribution in [-0.4, -0.2) is 41.9 Å². The summed E-state index contributed by atoms with van der Waals surface area (Å²) in [5, 5.41) is 4.70. The SMILES string of the molecule is COc1ccccc1NC(=S)N(CCc1cccc(C)c1)Cc1cc2cc3c(cc2[nH]c1=O)OCCO3. The van der Waals surface area contributed by atoms with E-state index in [2.05, 4.69) is 41.5 Å². The van der Waals surface area contributed by atoms with Crippen LogP contribution < -0.4 is 25.1 Å². The summed E-state index contributed by atoms with van der Waals surface area (Å²) < 4.78 is 16.9. The standard InChI is InChI=1S/C29H29N3O4S/c1-19-6-5-7-20(14-19)10-11-32(29(37)31-23-8-3-4-9-25(23)34-2)18-22-15-21-16-26-27(36-13-12-35-26)17-24(21)30-28(22)33/h3-9,14-17H,10-13,18H2,1-2H3,(H,30,33)(H,31,37). The zero-order valence-corrected chi connectivity index (χ0v) is 21.7. The Labute approximate surface area is 221 Å². The Bertz CT molecular complexity index is 1500. The maximum atomic E-state index is 13.1. The number of fused-ring (bicyclic) bond motifs is 2. The fourth-order valence-electron chi connectivity index (χ4n) is 4.44. The molecule has 2 heterocycles. The van der Waals surface area contributed by atoms with Crippen molar-refractivity contribution >= 4 is 33.9 Å². The van der Waals surface area contributed by atoms with Gasteiger partial charge in [-0.2, -0.15) is 0 Å². The lowest BCUT2D eigenvalue weighted by atomic mass is 10.1. The van der Waals surface area contributed by atoms with E-state index in [9.17, 15) is 4.79 Å². The number of methoxy groups -OCH3 is 1. The smallest absolute Gasteiger partial charge is 0.253 e. The Morgan fingerprint density at radius 1 is 1.05 bits per heavy atom. The number of nitrogens with zero attached hydrogens (tertiary/aromatic N) is 1. The molecule has 0 spiro atoms. The van der Waals surface area contributed by atoms with Gasteiger partial charge in [-0.15, -0.1) is 0 Å². The normalized spacial score (nSPS) is 12.3. The molecule has 0 bridgehead atoms. The van der Waals surface area contributed by atoms with Crippen molar-refractivity contribution in [3.63, 3.8) is 0 Å². The van der Waals surface area contributed by atoms with Gasteiger partial charge in [0.25, 0.3) is 5.56 Å². The molecule has 1 aliphatic rings. The van der Waals surface area contributed by atoms with Crippen LogP contribution in [0.25, 0.3) is 10.9 Å². The summed E-state index contributed by atoms with van der Waals surface area (Å²) in [6.45, 7) is 4.05. The molecule has 37 heavy (non-hydrogen) atoms. The van der Waals surface area contributed by atoms with Crippen LogP contribution >= 0.6 is 12.2 Å². The number of hydrogen-bond acceptors (Lipinski definition) is 5. The predicted molar refractivity (Wildman–Crippen MR) is 150 cm³/mol. The molecule has 8 heteroatoms. The average Bonchev–Trinajstić information content (AvgIpc) is 2.90. The van der Waals surface area contributed by atoms with Gasteiger partial charge in [0.2, 0.25) is 0 Å². The van der Waals surface area contributed by atoms with Crippen molar-refractivity contribution in [3.05, 3.63) is 93.8 Å². The highest BCUT2D eigenvalue weighted by Gasteiger charge is 2.17. The summed E-state index contributed by atoms with van der Waals surface area (Å²) in [6.07, 6.45) is 0.777. The Hall–Kier alpha value is -4.04. The van der Waals surface area contributed by atoms with Crippen LogP contribution in [0, 0.1) is 6.92 Å². The number of ether oxygens (including phenoxy) is 3. The second kappa shape index (κ2) is 10.9. The summed E-state index contributed by atoms with van der Waals surface area (Å²) in [5.74, 6) is 2.02. The Morgan fingerprint density at radius 2 is 1.84 bits per heavy atom. The van der Waals surface area contributed by atoms with Crippen molar-refractivity contribution in [2.45, 2.75) is 19.9 Å². The number of thiocarbonyl (C=S) groups is 1. The van der Waals surface area contributed by atoms with Crippen LogP contribution in [0.3, 0.4) is 0 Å². The first-order chi connectivity index (χ1) is 18.0. The average molecular weight is 516 g/mol. The second-order valence-corrected chi connectivity index (χ2v) is 9.38. The minimum absolute atomic E-state index is 0.162. The molecular weight excluding hydrogens is 486 g/mol. The van der Waals surface area contributed by atoms with Gasteiger partial charge in [0, 0.05) is 23.6 Å². The molecule has 0 amide bonds. The van der Waals surface area contributed by atoms with Gasteiger partial charge < -0.3 is 29.4 Å². The number of aryl methyl sites for hydroxylation is 1. The molecule has 1 aromatic heterocycles. The number of hydrogen-bond donors (Lipinski definition) is 2. The highest BCUT2D eigenvalue weighted by atomic mass is 32.1. The number of pyridine rings is 1. The molecule has 7 nitrogen and oxygen atoms in total. The van der Waals surface area contributed by atoms with E-state index in [-0.39, 0.29) is 5.56 Å². The minimum Gasteiger partial charge on any atom is -0.495 e. The van der Waals surface area contributed by atoms with Crippen molar-refractivity contribution in [3.8, 4) is 17.2 Å². The molecule has 0 radical (unpaired) electrons. The van der Waals surface area contributed by atoms with Crippen molar-refractivity contribution in [2.24, 2.45) is 0 Å². The first-order valence-electron chi connectivity index (χ1n) is 12.2. The van der Waals surface area contributed by atoms with Crippen molar-refractivity contribution < 1.29 is 14.2 Å². The molecule has 0 saturated heterocycles. The van der Waals surface area contributed by atoms with E-state index in [1.807, 2.05) is 47.4 Å². The number of H-pyrrole nitrogens is 1. The van der Waals surface area contributed by atoms with Gasteiger partial charge in [-0.3, -0.25) is 4.79 Å². The van der Waals surface area contributed by atoms with Crippen LogP contribution in [0.15, 0.2) is 71.5 Å². The third kappa shape index (κ3) is 5.70. The van der Waals surface area contributed by atoms with Gasteiger partial charge >= 0.3 is 0 Å². The van der Waals surface area contributed by atoms with E-state index in [4.69, 9.17) is 26.4 Å². The lowest BCUT2D eigenvalue weighted by molar-refractivity contribution is 0.172. The maximum absolute atomic E-state index is 13.1. The molecule has 0 atom stereocenters. The van der Waals surface area contributed by atoms with E-state index >= 15 is 0 Å². The highest BCUT2D eigenvalue weighted by Crippen LogP contribution is 2.33. The topological polar surface area (TPSA) is 75.8 Å². The fraction of sp³-hybridized carbons (Fsp3) is 0.241. The molecule has 5 rings (SSSR count). The third-order valence-corrected chi connectivity index (χ3v) is 6.69. The van der Waals surface area contributed by atoms with E-state index in [0.29, 0.717) is 59.7 Å². The highest BCUT2D eigenvalue weighted by molar-refractivity contribution is 7.80. The molecule has 0 aliphatic carbocycles. The zero-order chi connectivity index (χ0) is 25.8. The van der Waals surface area contributed by atoms with E-state index in [0.717, 1.165) is 17.5 Å². The number of para-hydroxylation sites is 2. The number of aromatic nitrogens is 1. The number of benzene rings is 3. The maximum Gasteiger partial charge on any atom is 0.253 e. The Kier molecular flexibility index (Phi) is 7.28. The van der Waals surface area contributed by atoms with E-state index < -0.39 is 0 Å². The van der Waals surface area contributed by atoms with E-state index in [1.54, 1.807) is 7.11 Å². The summed E-state index contributed by atoms with van der Waals surface area (Å²) in [7, 11) is 1.63. The van der Waals surface area contributed by atoms with Crippen LogP contribution in [0.4, 0.5) is 5.69 Å².